The predicted molar refractivity (Wildman–Crippen MR) is 105 cm³/mol. The van der Waals surface area contributed by atoms with Crippen LogP contribution in [0.3, 0.4) is 0 Å². The molecule has 1 aromatic carbocycles. The molecule has 0 saturated carbocycles. The molecular formula is C21H19F3N4O2. The van der Waals surface area contributed by atoms with Crippen molar-refractivity contribution in [2.45, 2.75) is 19.5 Å². The Labute approximate surface area is 170 Å². The molecule has 0 saturated heterocycles. The summed E-state index contributed by atoms with van der Waals surface area (Å²) in [5, 5.41) is 9.07. The van der Waals surface area contributed by atoms with Crippen molar-refractivity contribution in [3.05, 3.63) is 54.2 Å². The molecule has 0 amide bonds. The molecule has 3 aromatic heterocycles. The number of aromatic nitrogens is 4. The van der Waals surface area contributed by atoms with E-state index < -0.39 is 12.6 Å². The van der Waals surface area contributed by atoms with Gasteiger partial charge in [-0.05, 0) is 36.8 Å². The predicted octanol–water partition coefficient (Wildman–Crippen LogP) is 4.46. The highest BCUT2D eigenvalue weighted by atomic mass is 19.4. The van der Waals surface area contributed by atoms with E-state index in [0.29, 0.717) is 48.3 Å². The minimum atomic E-state index is -4.29. The zero-order valence-electron chi connectivity index (χ0n) is 16.2. The first-order valence-corrected chi connectivity index (χ1v) is 9.45. The van der Waals surface area contributed by atoms with Crippen molar-refractivity contribution in [3.8, 4) is 17.3 Å². The summed E-state index contributed by atoms with van der Waals surface area (Å²) < 4.78 is 50.7. The van der Waals surface area contributed by atoms with E-state index in [4.69, 9.17) is 9.47 Å². The molecule has 0 fully saturated rings. The van der Waals surface area contributed by atoms with Crippen LogP contribution in [-0.4, -0.2) is 45.6 Å². The summed E-state index contributed by atoms with van der Waals surface area (Å²) in [5.41, 5.74) is 1.77. The van der Waals surface area contributed by atoms with Crippen molar-refractivity contribution in [1.29, 1.82) is 0 Å². The fourth-order valence-electron chi connectivity index (χ4n) is 3.12. The van der Waals surface area contributed by atoms with Crippen molar-refractivity contribution in [2.75, 3.05) is 19.8 Å². The Morgan fingerprint density at radius 1 is 1.00 bits per heavy atom. The van der Waals surface area contributed by atoms with Crippen LogP contribution in [-0.2, 0) is 11.2 Å². The molecule has 0 aliphatic heterocycles. The summed E-state index contributed by atoms with van der Waals surface area (Å²) in [5.74, 6) is 1.03. The number of nitrogens with zero attached hydrogens (tertiary/aromatic N) is 4. The van der Waals surface area contributed by atoms with Gasteiger partial charge in [0, 0.05) is 24.3 Å². The Morgan fingerprint density at radius 2 is 1.83 bits per heavy atom. The summed E-state index contributed by atoms with van der Waals surface area (Å²) in [6, 6.07) is 12.1. The summed E-state index contributed by atoms with van der Waals surface area (Å²) in [6.45, 7) is 3.47. The van der Waals surface area contributed by atoms with Gasteiger partial charge in [0.15, 0.2) is 11.5 Å². The maximum Gasteiger partial charge on any atom is 0.393 e. The average molecular weight is 416 g/mol. The number of alkyl halides is 3. The average Bonchev–Trinajstić information content (AvgIpc) is 3.12. The van der Waals surface area contributed by atoms with Gasteiger partial charge in [-0.25, -0.2) is 4.98 Å². The molecule has 9 heteroatoms. The van der Waals surface area contributed by atoms with Crippen LogP contribution in [0.4, 0.5) is 13.2 Å². The van der Waals surface area contributed by atoms with E-state index >= 15 is 0 Å². The smallest absolute Gasteiger partial charge is 0.393 e. The van der Waals surface area contributed by atoms with Gasteiger partial charge in [-0.15, -0.1) is 10.2 Å². The van der Waals surface area contributed by atoms with E-state index in [1.165, 1.54) is 22.7 Å². The number of halogens is 3. The Balaban J connectivity index is 1.66. The second kappa shape index (κ2) is 8.27. The minimum Gasteiger partial charge on any atom is -0.491 e. The van der Waals surface area contributed by atoms with Gasteiger partial charge in [-0.1, -0.05) is 12.1 Å². The largest absolute Gasteiger partial charge is 0.491 e. The third kappa shape index (κ3) is 4.51. The van der Waals surface area contributed by atoms with Gasteiger partial charge in [0.25, 0.3) is 0 Å². The number of pyridine rings is 2. The molecule has 0 atom stereocenters. The van der Waals surface area contributed by atoms with Crippen molar-refractivity contribution in [2.24, 2.45) is 0 Å². The Kier molecular flexibility index (Phi) is 5.54. The molecule has 0 aliphatic rings. The van der Waals surface area contributed by atoms with Crippen LogP contribution in [0.25, 0.3) is 28.1 Å². The molecule has 30 heavy (non-hydrogen) atoms. The van der Waals surface area contributed by atoms with E-state index in [1.807, 2.05) is 31.2 Å². The first-order chi connectivity index (χ1) is 14.4. The van der Waals surface area contributed by atoms with Gasteiger partial charge in [0.05, 0.1) is 18.5 Å². The second-order valence-corrected chi connectivity index (χ2v) is 6.68. The van der Waals surface area contributed by atoms with Crippen LogP contribution < -0.4 is 4.74 Å². The highest BCUT2D eigenvalue weighted by Crippen LogP contribution is 2.25. The highest BCUT2D eigenvalue weighted by Gasteiger charge is 2.28. The van der Waals surface area contributed by atoms with Gasteiger partial charge >= 0.3 is 6.18 Å². The van der Waals surface area contributed by atoms with E-state index in [0.717, 1.165) is 5.39 Å². The molecular weight excluding hydrogens is 397 g/mol. The highest BCUT2D eigenvalue weighted by molar-refractivity contribution is 5.82. The lowest BCUT2D eigenvalue weighted by molar-refractivity contribution is -0.127. The lowest BCUT2D eigenvalue weighted by Crippen LogP contribution is -2.12. The molecule has 0 bridgehead atoms. The minimum absolute atomic E-state index is 0.127. The van der Waals surface area contributed by atoms with E-state index in [9.17, 15) is 13.2 Å². The van der Waals surface area contributed by atoms with Crippen molar-refractivity contribution >= 4 is 16.6 Å². The maximum atomic E-state index is 12.8. The molecule has 156 valence electrons. The monoisotopic (exact) mass is 416 g/mol. The van der Waals surface area contributed by atoms with Crippen molar-refractivity contribution in [3.63, 3.8) is 0 Å². The van der Waals surface area contributed by atoms with Gasteiger partial charge in [-0.2, -0.15) is 13.2 Å². The van der Waals surface area contributed by atoms with Crippen molar-refractivity contribution < 1.29 is 22.6 Å². The van der Waals surface area contributed by atoms with Gasteiger partial charge in [-0.3, -0.25) is 4.40 Å². The standard InChI is InChI=1S/C21H19F3N4O2/c1-2-29-9-10-30-16-6-4-15-5-7-17(25-18(15)11-16)20-27-26-19-8-3-14(13-28(19)20)12-21(22,23)24/h3-8,11,13H,2,9-10,12H2,1H3. The van der Waals surface area contributed by atoms with Crippen LogP contribution in [0.15, 0.2) is 48.7 Å². The first kappa shape index (κ1) is 20.1. The van der Waals surface area contributed by atoms with Crippen LogP contribution in [0, 0.1) is 0 Å². The maximum absolute atomic E-state index is 12.8. The van der Waals surface area contributed by atoms with Gasteiger partial charge in [0.2, 0.25) is 0 Å². The van der Waals surface area contributed by atoms with E-state index in [-0.39, 0.29) is 5.56 Å². The molecule has 0 N–H and O–H groups in total. The number of hydrogen-bond acceptors (Lipinski definition) is 5. The lowest BCUT2D eigenvalue weighted by Gasteiger charge is -2.08. The molecule has 3 heterocycles. The molecule has 4 aromatic rings. The molecule has 0 unspecified atom stereocenters. The molecule has 0 spiro atoms. The van der Waals surface area contributed by atoms with Crippen LogP contribution in [0.1, 0.15) is 12.5 Å². The fraction of sp³-hybridized carbons (Fsp3) is 0.286. The molecule has 6 nitrogen and oxygen atoms in total. The summed E-state index contributed by atoms with van der Waals surface area (Å²) in [7, 11) is 0. The molecule has 0 aliphatic carbocycles. The third-order valence-electron chi connectivity index (χ3n) is 4.46. The number of fused-ring (bicyclic) bond motifs is 2. The zero-order chi connectivity index (χ0) is 21.1. The first-order valence-electron chi connectivity index (χ1n) is 9.45. The van der Waals surface area contributed by atoms with Crippen LogP contribution >= 0.6 is 0 Å². The lowest BCUT2D eigenvalue weighted by atomic mass is 10.2. The third-order valence-corrected chi connectivity index (χ3v) is 4.46. The quantitative estimate of drug-likeness (QED) is 0.416. The Bertz CT molecular complexity index is 1170. The Morgan fingerprint density at radius 3 is 2.63 bits per heavy atom. The summed E-state index contributed by atoms with van der Waals surface area (Å²) in [4.78, 5) is 4.62. The van der Waals surface area contributed by atoms with E-state index in [2.05, 4.69) is 15.2 Å². The van der Waals surface area contributed by atoms with E-state index in [1.54, 1.807) is 6.07 Å². The zero-order valence-corrected chi connectivity index (χ0v) is 16.2. The second-order valence-electron chi connectivity index (χ2n) is 6.68. The Hall–Kier alpha value is -3.20. The summed E-state index contributed by atoms with van der Waals surface area (Å²) >= 11 is 0. The number of hydrogen-bond donors (Lipinski definition) is 0. The van der Waals surface area contributed by atoms with Crippen molar-refractivity contribution in [1.82, 2.24) is 19.6 Å². The number of benzene rings is 1. The van der Waals surface area contributed by atoms with Gasteiger partial charge in [0.1, 0.15) is 18.1 Å². The fourth-order valence-corrected chi connectivity index (χ4v) is 3.12. The van der Waals surface area contributed by atoms with Crippen LogP contribution in [0.5, 0.6) is 5.75 Å². The number of rotatable bonds is 7. The molecule has 4 rings (SSSR count). The number of ether oxygens (including phenoxy) is 2. The van der Waals surface area contributed by atoms with Crippen LogP contribution in [0.2, 0.25) is 0 Å². The van der Waals surface area contributed by atoms with Gasteiger partial charge < -0.3 is 9.47 Å². The molecule has 0 radical (unpaired) electrons. The topological polar surface area (TPSA) is 61.5 Å². The SMILES string of the molecule is CCOCCOc1ccc2ccc(-c3nnc4ccc(CC(F)(F)F)cn34)nc2c1. The summed E-state index contributed by atoms with van der Waals surface area (Å²) in [6.07, 6.45) is -3.91. The normalized spacial score (nSPS) is 12.0.